The van der Waals surface area contributed by atoms with Gasteiger partial charge >= 0.3 is 29.6 Å². The molecule has 0 aliphatic heterocycles. The van der Waals surface area contributed by atoms with Crippen molar-refractivity contribution in [2.24, 2.45) is 0 Å². The van der Waals surface area contributed by atoms with Crippen molar-refractivity contribution in [1.29, 1.82) is 0 Å². The molecule has 0 heterocycles. The van der Waals surface area contributed by atoms with Crippen molar-refractivity contribution in [3.05, 3.63) is 4.65 Å². The first-order valence-electron chi connectivity index (χ1n) is 5.33. The molecule has 0 aromatic rings. The van der Waals surface area contributed by atoms with E-state index in [4.69, 9.17) is 4.65 Å². The predicted molar refractivity (Wildman–Crippen MR) is 68.5 cm³/mol. The summed E-state index contributed by atoms with van der Waals surface area (Å²) in [5, 5.41) is 0. The summed E-state index contributed by atoms with van der Waals surface area (Å²) in [4.78, 5) is 0. The fourth-order valence-electron chi connectivity index (χ4n) is 1.00. The monoisotopic (exact) mass is 239 g/mol. The molecule has 0 rings (SSSR count). The van der Waals surface area contributed by atoms with Crippen LogP contribution in [0.15, 0.2) is 0 Å². The van der Waals surface area contributed by atoms with Crippen molar-refractivity contribution in [2.75, 3.05) is 0 Å². The minimum Gasteiger partial charge on any atom is -0.667 e. The van der Waals surface area contributed by atoms with E-state index in [1.807, 2.05) is 0 Å². The molecule has 0 fully saturated rings. The van der Waals surface area contributed by atoms with Gasteiger partial charge < -0.3 is 4.65 Å². The van der Waals surface area contributed by atoms with Crippen molar-refractivity contribution in [1.82, 2.24) is 0 Å². The first kappa shape index (κ1) is 17.8. The van der Waals surface area contributed by atoms with Gasteiger partial charge in [0.2, 0.25) is 0 Å². The van der Waals surface area contributed by atoms with Crippen molar-refractivity contribution in [2.45, 2.75) is 65.0 Å². The average molecular weight is 239 g/mol. The van der Waals surface area contributed by atoms with Crippen molar-refractivity contribution < 1.29 is 29.6 Å². The van der Waals surface area contributed by atoms with Gasteiger partial charge in [0, 0.05) is 0 Å². The fourth-order valence-corrected chi connectivity index (χ4v) is 9.01. The summed E-state index contributed by atoms with van der Waals surface area (Å²) in [6.07, 6.45) is 0. The van der Waals surface area contributed by atoms with Gasteiger partial charge in [0.25, 0.3) is 0 Å². The van der Waals surface area contributed by atoms with Gasteiger partial charge in [0.1, 0.15) is 0 Å². The van der Waals surface area contributed by atoms with Crippen LogP contribution in [0.4, 0.5) is 0 Å². The molecule has 0 aliphatic rings. The third-order valence-electron chi connectivity index (χ3n) is 3.40. The summed E-state index contributed by atoms with van der Waals surface area (Å²) in [6, 6.07) is 0. The second kappa shape index (κ2) is 6.21. The van der Waals surface area contributed by atoms with Gasteiger partial charge in [0.05, 0.1) is 0 Å². The Morgan fingerprint density at radius 1 is 0.714 bits per heavy atom. The van der Waals surface area contributed by atoms with E-state index in [9.17, 15) is 0 Å². The third kappa shape index (κ3) is 5.47. The number of rotatable bonds is 4. The third-order valence-corrected chi connectivity index (χ3v) is 13.7. The van der Waals surface area contributed by atoms with Crippen LogP contribution in [0, 0.1) is 0 Å². The zero-order valence-corrected chi connectivity index (χ0v) is 15.6. The Labute approximate surface area is 115 Å². The molecule has 0 bridgehead atoms. The van der Waals surface area contributed by atoms with Gasteiger partial charge in [-0.2, -0.15) is 0 Å². The number of hydrogen-bond acceptors (Lipinski definition) is 0. The summed E-state index contributed by atoms with van der Waals surface area (Å²) in [5.74, 6) is 0. The van der Waals surface area contributed by atoms with E-state index in [0.29, 0.717) is 0 Å². The smallest absolute Gasteiger partial charge is 0.667 e. The molecule has 0 N–H and O–H groups in total. The van der Waals surface area contributed by atoms with Crippen molar-refractivity contribution >= 4 is 16.5 Å². The van der Waals surface area contributed by atoms with Crippen molar-refractivity contribution in [3.8, 4) is 0 Å². The molecule has 0 radical (unpaired) electrons. The molecule has 4 heteroatoms. The van der Waals surface area contributed by atoms with Crippen LogP contribution in [0.5, 0.6) is 0 Å². The van der Waals surface area contributed by atoms with Crippen molar-refractivity contribution in [3.63, 3.8) is 0 Å². The van der Waals surface area contributed by atoms with Crippen LogP contribution in [-0.4, -0.2) is 16.5 Å². The normalized spacial score (nSPS) is 13.3. The van der Waals surface area contributed by atoms with E-state index in [0.717, 1.165) is 11.1 Å². The topological polar surface area (TPSA) is 14.1 Å². The first-order chi connectivity index (χ1) is 5.59. The summed E-state index contributed by atoms with van der Waals surface area (Å²) in [6.45, 7) is 18.9. The minimum absolute atomic E-state index is 0. The Morgan fingerprint density at radius 2 is 0.929 bits per heavy atom. The van der Waals surface area contributed by atoms with Gasteiger partial charge in [-0.25, -0.2) is 0 Å². The molecule has 0 aliphatic carbocycles. The maximum Gasteiger partial charge on any atom is 1.00 e. The molecular weight excluding hydrogens is 213 g/mol. The first-order valence-corrected chi connectivity index (χ1v) is 11.4. The van der Waals surface area contributed by atoms with Crippen LogP contribution in [-0.2, 0) is 0 Å². The SMILES string of the molecule is CC(C)[Si](C)(C)[N-][Si](C)(C)C(C)C.[Na+]. The van der Waals surface area contributed by atoms with E-state index in [1.165, 1.54) is 0 Å². The maximum absolute atomic E-state index is 5.22. The molecule has 14 heavy (non-hydrogen) atoms. The summed E-state index contributed by atoms with van der Waals surface area (Å²) >= 11 is 0. The van der Waals surface area contributed by atoms with Gasteiger partial charge in [-0.05, 0) is 0 Å². The van der Waals surface area contributed by atoms with Crippen LogP contribution in [0.25, 0.3) is 4.65 Å². The largest absolute Gasteiger partial charge is 1.00 e. The Bertz CT molecular complexity index is 150. The zero-order chi connectivity index (χ0) is 10.9. The maximum atomic E-state index is 5.22. The fraction of sp³-hybridized carbons (Fsp3) is 1.00. The second-order valence-electron chi connectivity index (χ2n) is 5.73. The molecule has 0 spiro atoms. The van der Waals surface area contributed by atoms with Gasteiger partial charge in [-0.15, -0.1) is 0 Å². The minimum atomic E-state index is -1.29. The molecule has 0 aromatic heterocycles. The second-order valence-corrected chi connectivity index (χ2v) is 15.5. The van der Waals surface area contributed by atoms with Crippen LogP contribution in [0.3, 0.4) is 0 Å². The molecule has 1 nitrogen and oxygen atoms in total. The molecule has 0 atom stereocenters. The summed E-state index contributed by atoms with van der Waals surface area (Å²) < 4.78 is 5.22. The Balaban J connectivity index is 0. The van der Waals surface area contributed by atoms with Crippen LogP contribution in [0.1, 0.15) is 27.7 Å². The molecule has 0 amide bonds. The molecule has 0 unspecified atom stereocenters. The Hall–Kier alpha value is 1.39. The predicted octanol–water partition coefficient (Wildman–Crippen LogP) is 1.59. The Morgan fingerprint density at radius 3 is 1.07 bits per heavy atom. The van der Waals surface area contributed by atoms with E-state index in [-0.39, 0.29) is 29.6 Å². The average Bonchev–Trinajstić information content (AvgIpc) is 1.83. The van der Waals surface area contributed by atoms with Crippen LogP contribution in [0.2, 0.25) is 37.3 Å². The van der Waals surface area contributed by atoms with Gasteiger partial charge in [-0.1, -0.05) is 81.4 Å². The summed E-state index contributed by atoms with van der Waals surface area (Å²) in [5.41, 5.74) is 1.55. The standard InChI is InChI=1S/C10H26NSi2.Na/c1-9(2)12(5,6)11-13(7,8)10(3)4;/h9-10H,1-8H3;/q-1;+1. The van der Waals surface area contributed by atoms with Crippen LogP contribution < -0.4 is 29.6 Å². The Kier molecular flexibility index (Phi) is 7.88. The molecule has 0 saturated carbocycles. The van der Waals surface area contributed by atoms with Gasteiger partial charge in [0.15, 0.2) is 0 Å². The number of hydrogen-bond donors (Lipinski definition) is 0. The van der Waals surface area contributed by atoms with E-state index in [2.05, 4.69) is 53.9 Å². The van der Waals surface area contributed by atoms with Gasteiger partial charge in [-0.3, -0.25) is 0 Å². The zero-order valence-electron chi connectivity index (χ0n) is 11.6. The van der Waals surface area contributed by atoms with E-state index < -0.39 is 16.5 Å². The molecule has 0 saturated heterocycles. The van der Waals surface area contributed by atoms with E-state index in [1.54, 1.807) is 0 Å². The van der Waals surface area contributed by atoms with E-state index >= 15 is 0 Å². The summed E-state index contributed by atoms with van der Waals surface area (Å²) in [7, 11) is -2.58. The molecular formula is C10H26NNaSi2. The quantitative estimate of drug-likeness (QED) is 0.662. The molecule has 80 valence electrons. The molecule has 0 aromatic carbocycles. The van der Waals surface area contributed by atoms with Crippen LogP contribution >= 0.6 is 0 Å². The number of nitrogens with zero attached hydrogens (tertiary/aromatic N) is 1.